The molecular formula is C12H15F3N4O2. The van der Waals surface area contributed by atoms with Crippen molar-refractivity contribution in [3.63, 3.8) is 0 Å². The van der Waals surface area contributed by atoms with Gasteiger partial charge in [-0.15, -0.1) is 0 Å². The van der Waals surface area contributed by atoms with Crippen molar-refractivity contribution < 1.29 is 22.8 Å². The molecule has 1 aromatic heterocycles. The monoisotopic (exact) mass is 304 g/mol. The Morgan fingerprint density at radius 1 is 1.48 bits per heavy atom. The molecule has 116 valence electrons. The summed E-state index contributed by atoms with van der Waals surface area (Å²) in [5.41, 5.74) is 0.999. The van der Waals surface area contributed by atoms with E-state index < -0.39 is 30.5 Å². The average Bonchev–Trinajstić information content (AvgIpc) is 2.86. The Kier molecular flexibility index (Phi) is 4.19. The number of carbonyl (C=O) groups is 2. The minimum absolute atomic E-state index is 0.339. The lowest BCUT2D eigenvalue weighted by molar-refractivity contribution is -0.154. The molecule has 0 aliphatic carbocycles. The number of alkyl halides is 3. The highest BCUT2D eigenvalue weighted by Gasteiger charge is 2.32. The van der Waals surface area contributed by atoms with Crippen molar-refractivity contribution in [2.24, 2.45) is 0 Å². The summed E-state index contributed by atoms with van der Waals surface area (Å²) >= 11 is 0. The molecule has 2 rings (SSSR count). The molecule has 9 heteroatoms. The van der Waals surface area contributed by atoms with Gasteiger partial charge in [0.15, 0.2) is 5.82 Å². The minimum atomic E-state index is -4.59. The number of aryl methyl sites for hydroxylation is 2. The summed E-state index contributed by atoms with van der Waals surface area (Å²) in [4.78, 5) is 22.9. The Hall–Kier alpha value is -2.06. The molecule has 21 heavy (non-hydrogen) atoms. The first-order chi connectivity index (χ1) is 9.74. The number of rotatable bonds is 4. The number of nitrogens with one attached hydrogen (secondary N) is 2. The van der Waals surface area contributed by atoms with Crippen molar-refractivity contribution in [2.45, 2.75) is 44.9 Å². The predicted molar refractivity (Wildman–Crippen MR) is 67.5 cm³/mol. The second-order valence-corrected chi connectivity index (χ2v) is 4.92. The number of carbonyl (C=O) groups excluding carboxylic acids is 2. The summed E-state index contributed by atoms with van der Waals surface area (Å²) < 4.78 is 37.8. The summed E-state index contributed by atoms with van der Waals surface area (Å²) in [5.74, 6) is -1.51. The zero-order chi connectivity index (χ0) is 15.6. The Morgan fingerprint density at radius 3 is 2.81 bits per heavy atom. The first kappa shape index (κ1) is 15.3. The topological polar surface area (TPSA) is 76.0 Å². The standard InChI is InChI=1S/C12H15F3N4O2/c1-7(16-10(20)6-12(13,14)15)11(21)17-9-5-8-3-2-4-19(8)18-9/h5,7H,2-4,6H2,1H3,(H,16,20)(H,17,18,21). The quantitative estimate of drug-likeness (QED) is 0.878. The highest BCUT2D eigenvalue weighted by molar-refractivity contribution is 5.96. The van der Waals surface area contributed by atoms with Crippen LogP contribution in [0.5, 0.6) is 0 Å². The molecule has 0 saturated carbocycles. The van der Waals surface area contributed by atoms with Crippen molar-refractivity contribution in [2.75, 3.05) is 5.32 Å². The Morgan fingerprint density at radius 2 is 2.19 bits per heavy atom. The van der Waals surface area contributed by atoms with Crippen LogP contribution in [0.1, 0.15) is 25.5 Å². The van der Waals surface area contributed by atoms with Crippen LogP contribution < -0.4 is 10.6 Å². The van der Waals surface area contributed by atoms with E-state index in [9.17, 15) is 22.8 Å². The van der Waals surface area contributed by atoms with Gasteiger partial charge in [0.25, 0.3) is 0 Å². The number of amides is 2. The van der Waals surface area contributed by atoms with Gasteiger partial charge in [0.1, 0.15) is 12.5 Å². The number of halogens is 3. The van der Waals surface area contributed by atoms with Crippen LogP contribution in [-0.4, -0.2) is 33.8 Å². The van der Waals surface area contributed by atoms with Crippen molar-refractivity contribution in [3.8, 4) is 0 Å². The molecule has 1 atom stereocenters. The Balaban J connectivity index is 1.86. The van der Waals surface area contributed by atoms with Crippen LogP contribution in [0.3, 0.4) is 0 Å². The van der Waals surface area contributed by atoms with E-state index >= 15 is 0 Å². The largest absolute Gasteiger partial charge is 0.397 e. The molecule has 2 heterocycles. The van der Waals surface area contributed by atoms with E-state index in [0.29, 0.717) is 5.82 Å². The molecule has 1 unspecified atom stereocenters. The molecule has 0 fully saturated rings. The van der Waals surface area contributed by atoms with Gasteiger partial charge in [-0.1, -0.05) is 0 Å². The molecule has 2 N–H and O–H groups in total. The lowest BCUT2D eigenvalue weighted by Crippen LogP contribution is -2.43. The van der Waals surface area contributed by atoms with Gasteiger partial charge in [-0.05, 0) is 19.8 Å². The smallest absolute Gasteiger partial charge is 0.344 e. The van der Waals surface area contributed by atoms with E-state index in [1.165, 1.54) is 6.92 Å². The SMILES string of the molecule is CC(NC(=O)CC(F)(F)F)C(=O)Nc1cc2n(n1)CCC2. The molecule has 0 aromatic carbocycles. The summed E-state index contributed by atoms with van der Waals surface area (Å²) in [6.07, 6.45) is -4.32. The van der Waals surface area contributed by atoms with Crippen molar-refractivity contribution >= 4 is 17.6 Å². The minimum Gasteiger partial charge on any atom is -0.344 e. The van der Waals surface area contributed by atoms with Crippen LogP contribution in [0.25, 0.3) is 0 Å². The van der Waals surface area contributed by atoms with Gasteiger partial charge in [0.05, 0.1) is 0 Å². The maximum absolute atomic E-state index is 12.0. The lowest BCUT2D eigenvalue weighted by Gasteiger charge is -2.14. The summed E-state index contributed by atoms with van der Waals surface area (Å²) in [6, 6.07) is 0.645. The summed E-state index contributed by atoms with van der Waals surface area (Å²) in [5, 5.41) is 8.62. The maximum Gasteiger partial charge on any atom is 0.397 e. The highest BCUT2D eigenvalue weighted by Crippen LogP contribution is 2.19. The van der Waals surface area contributed by atoms with E-state index in [1.54, 1.807) is 10.7 Å². The molecule has 0 radical (unpaired) electrons. The molecule has 6 nitrogen and oxygen atoms in total. The van der Waals surface area contributed by atoms with Crippen LogP contribution >= 0.6 is 0 Å². The fourth-order valence-electron chi connectivity index (χ4n) is 2.10. The maximum atomic E-state index is 12.0. The number of hydrogen-bond donors (Lipinski definition) is 2. The number of aromatic nitrogens is 2. The van der Waals surface area contributed by atoms with Gasteiger partial charge in [-0.25, -0.2) is 0 Å². The molecule has 0 saturated heterocycles. The third-order valence-corrected chi connectivity index (χ3v) is 3.05. The molecule has 1 aliphatic rings. The fraction of sp³-hybridized carbons (Fsp3) is 0.583. The lowest BCUT2D eigenvalue weighted by atomic mass is 10.2. The van der Waals surface area contributed by atoms with Crippen LogP contribution in [0, 0.1) is 0 Å². The van der Waals surface area contributed by atoms with Gasteiger partial charge in [0, 0.05) is 18.3 Å². The van der Waals surface area contributed by atoms with Crippen LogP contribution in [-0.2, 0) is 22.6 Å². The van der Waals surface area contributed by atoms with E-state index in [2.05, 4.69) is 10.4 Å². The number of fused-ring (bicyclic) bond motifs is 1. The second kappa shape index (κ2) is 5.74. The van der Waals surface area contributed by atoms with Crippen molar-refractivity contribution in [3.05, 3.63) is 11.8 Å². The molecule has 2 amide bonds. The molecular weight excluding hydrogens is 289 g/mol. The van der Waals surface area contributed by atoms with Gasteiger partial charge in [-0.3, -0.25) is 14.3 Å². The Labute approximate surface area is 118 Å². The Bertz CT molecular complexity index is 532. The first-order valence-corrected chi connectivity index (χ1v) is 6.48. The number of hydrogen-bond acceptors (Lipinski definition) is 3. The zero-order valence-electron chi connectivity index (χ0n) is 11.3. The number of anilines is 1. The molecule has 0 spiro atoms. The molecule has 0 bridgehead atoms. The van der Waals surface area contributed by atoms with Crippen LogP contribution in [0.2, 0.25) is 0 Å². The van der Waals surface area contributed by atoms with E-state index in [1.807, 2.05) is 5.32 Å². The predicted octanol–water partition coefficient (Wildman–Crippen LogP) is 1.22. The first-order valence-electron chi connectivity index (χ1n) is 6.48. The van der Waals surface area contributed by atoms with Gasteiger partial charge >= 0.3 is 6.18 Å². The van der Waals surface area contributed by atoms with Gasteiger partial charge in [0.2, 0.25) is 11.8 Å². The van der Waals surface area contributed by atoms with E-state index in [4.69, 9.17) is 0 Å². The van der Waals surface area contributed by atoms with Gasteiger partial charge < -0.3 is 10.6 Å². The summed E-state index contributed by atoms with van der Waals surface area (Å²) in [7, 11) is 0. The highest BCUT2D eigenvalue weighted by atomic mass is 19.4. The normalized spacial score (nSPS) is 15.4. The third kappa shape index (κ3) is 4.20. The van der Waals surface area contributed by atoms with Gasteiger partial charge in [-0.2, -0.15) is 18.3 Å². The fourth-order valence-corrected chi connectivity index (χ4v) is 2.10. The van der Waals surface area contributed by atoms with Crippen LogP contribution in [0.15, 0.2) is 6.07 Å². The van der Waals surface area contributed by atoms with Crippen molar-refractivity contribution in [1.82, 2.24) is 15.1 Å². The van der Waals surface area contributed by atoms with E-state index in [-0.39, 0.29) is 0 Å². The van der Waals surface area contributed by atoms with Crippen molar-refractivity contribution in [1.29, 1.82) is 0 Å². The van der Waals surface area contributed by atoms with E-state index in [0.717, 1.165) is 25.1 Å². The zero-order valence-corrected chi connectivity index (χ0v) is 11.3. The second-order valence-electron chi connectivity index (χ2n) is 4.92. The summed E-state index contributed by atoms with van der Waals surface area (Å²) in [6.45, 7) is 2.09. The average molecular weight is 304 g/mol. The molecule has 1 aromatic rings. The third-order valence-electron chi connectivity index (χ3n) is 3.05. The number of nitrogens with zero attached hydrogens (tertiary/aromatic N) is 2. The van der Waals surface area contributed by atoms with Crippen LogP contribution in [0.4, 0.5) is 19.0 Å². The molecule has 1 aliphatic heterocycles.